The van der Waals surface area contributed by atoms with Gasteiger partial charge in [-0.1, -0.05) is 34.7 Å². The van der Waals surface area contributed by atoms with Crippen LogP contribution in [0, 0.1) is 5.41 Å². The number of fused-ring (bicyclic) bond motifs is 1. The first-order chi connectivity index (χ1) is 21.1. The summed E-state index contributed by atoms with van der Waals surface area (Å²) in [5.74, 6) is -3.72. The highest BCUT2D eigenvalue weighted by Crippen LogP contribution is 2.44. The quantitative estimate of drug-likeness (QED) is 0.0317. The van der Waals surface area contributed by atoms with E-state index in [0.29, 0.717) is 6.41 Å². The molecule has 2 fully saturated rings. The second-order valence-electron chi connectivity index (χ2n) is 8.96. The number of tetrazole rings is 1. The van der Waals surface area contributed by atoms with Crippen molar-refractivity contribution < 1.29 is 43.9 Å². The second-order valence-corrected chi connectivity index (χ2v) is 11.9. The highest BCUT2D eigenvalue weighted by atomic mass is 32.2. The number of aromatic nitrogens is 5. The highest BCUT2D eigenvalue weighted by molar-refractivity contribution is 8.00. The molecule has 2 aliphatic rings. The Kier molecular flexibility index (Phi) is 10.5. The summed E-state index contributed by atoms with van der Waals surface area (Å²) >= 11 is 3.22. The van der Waals surface area contributed by atoms with Gasteiger partial charge in [0.25, 0.3) is 5.91 Å². The first-order valence-corrected chi connectivity index (χ1v) is 15.2. The third kappa shape index (κ3) is 6.97. The minimum Gasteiger partial charge on any atom is -0.481 e. The van der Waals surface area contributed by atoms with Crippen molar-refractivity contribution in [1.82, 2.24) is 35.4 Å². The summed E-state index contributed by atoms with van der Waals surface area (Å²) in [6.45, 7) is 3.03. The van der Waals surface area contributed by atoms with E-state index in [9.17, 15) is 34.2 Å². The molecular formula is C22H24N10O9S3. The molecule has 2 aromatic rings. The number of anilines is 1. The molecule has 0 bridgehead atoms. The fraction of sp³-hybridized carbons (Fsp3) is 0.409. The van der Waals surface area contributed by atoms with Crippen molar-refractivity contribution in [3.05, 3.63) is 23.7 Å². The standard InChI is InChI=1S/C22H24N10O9S3/c1-3-4-41-28-13(12-6-42-20(24-12)23-10-33)15(34)25-14-16(35)31-7-22(19(38)39,8-43-17(14)31)9-44-21-26-29-30-32(21)5-11(18(36)37)27-40-2/h3,6,10,14,17H,1,4-5,7-9H2,2H3,(H,25,34)(H,36,37)(H,38,39)(H,23,24,33)/t14?,17-,22?/m1/s1. The van der Waals surface area contributed by atoms with Gasteiger partial charge in [-0.05, 0) is 10.4 Å². The number of carboxylic acid groups (broad SMARTS) is 2. The molecule has 3 atom stereocenters. The molecule has 4 rings (SSSR count). The van der Waals surface area contributed by atoms with E-state index in [4.69, 9.17) is 4.84 Å². The molecule has 2 aromatic heterocycles. The van der Waals surface area contributed by atoms with Gasteiger partial charge in [0, 0.05) is 23.4 Å². The van der Waals surface area contributed by atoms with Crippen molar-refractivity contribution >= 4 is 81.6 Å². The zero-order valence-corrected chi connectivity index (χ0v) is 25.1. The van der Waals surface area contributed by atoms with Crippen molar-refractivity contribution in [2.45, 2.75) is 23.1 Å². The first-order valence-electron chi connectivity index (χ1n) is 12.3. The summed E-state index contributed by atoms with van der Waals surface area (Å²) in [6.07, 6.45) is 1.85. The number of β-lactam (4-membered cyclic amide) rings is 1. The summed E-state index contributed by atoms with van der Waals surface area (Å²) in [5, 5.41) is 44.1. The molecule has 2 unspecified atom stereocenters. The molecule has 0 spiro atoms. The summed E-state index contributed by atoms with van der Waals surface area (Å²) in [4.78, 5) is 76.0. The van der Waals surface area contributed by atoms with Crippen LogP contribution in [0.15, 0.2) is 33.5 Å². The lowest BCUT2D eigenvalue weighted by Gasteiger charge is -2.53. The molecule has 0 aliphatic carbocycles. The zero-order valence-electron chi connectivity index (χ0n) is 22.7. The molecule has 0 saturated carbocycles. The number of thiazole rings is 1. The average Bonchev–Trinajstić information content (AvgIpc) is 3.66. The molecule has 2 aliphatic heterocycles. The zero-order chi connectivity index (χ0) is 31.9. The number of thioether (sulfide) groups is 2. The fourth-order valence-electron chi connectivity index (χ4n) is 3.96. The second kappa shape index (κ2) is 14.3. The number of carbonyl (C=O) groups excluding carboxylic acids is 3. The van der Waals surface area contributed by atoms with Crippen LogP contribution in [0.5, 0.6) is 0 Å². The lowest BCUT2D eigenvalue weighted by molar-refractivity contribution is -0.157. The summed E-state index contributed by atoms with van der Waals surface area (Å²) in [5.41, 5.74) is -1.91. The molecule has 19 nitrogen and oxygen atoms in total. The summed E-state index contributed by atoms with van der Waals surface area (Å²) < 4.78 is 1.14. The lowest BCUT2D eigenvalue weighted by atomic mass is 9.89. The normalized spacial score (nSPS) is 21.5. The predicted molar refractivity (Wildman–Crippen MR) is 155 cm³/mol. The minimum atomic E-state index is -1.41. The molecule has 0 radical (unpaired) electrons. The topological polar surface area (TPSA) is 253 Å². The number of hydrogen-bond donors (Lipinski definition) is 4. The van der Waals surface area contributed by atoms with Crippen LogP contribution in [0.1, 0.15) is 5.69 Å². The van der Waals surface area contributed by atoms with E-state index in [2.05, 4.69) is 52.9 Å². The minimum absolute atomic E-state index is 0.00189. The Morgan fingerprint density at radius 1 is 1.34 bits per heavy atom. The molecule has 22 heteroatoms. The van der Waals surface area contributed by atoms with Gasteiger partial charge >= 0.3 is 11.9 Å². The smallest absolute Gasteiger partial charge is 0.355 e. The number of rotatable bonds is 16. The van der Waals surface area contributed by atoms with Gasteiger partial charge in [0.2, 0.25) is 17.5 Å². The van der Waals surface area contributed by atoms with E-state index < -0.39 is 40.6 Å². The number of amides is 3. The largest absolute Gasteiger partial charge is 0.481 e. The van der Waals surface area contributed by atoms with Gasteiger partial charge < -0.3 is 35.4 Å². The van der Waals surface area contributed by atoms with Gasteiger partial charge in [-0.15, -0.1) is 28.2 Å². The number of nitrogens with one attached hydrogen (secondary N) is 2. The first kappa shape index (κ1) is 32.3. The maximum Gasteiger partial charge on any atom is 0.355 e. The van der Waals surface area contributed by atoms with E-state index in [1.54, 1.807) is 0 Å². The van der Waals surface area contributed by atoms with Crippen LogP contribution < -0.4 is 10.6 Å². The molecule has 3 amide bonds. The Balaban J connectivity index is 1.43. The van der Waals surface area contributed by atoms with Crippen molar-refractivity contribution in [2.75, 3.05) is 37.1 Å². The monoisotopic (exact) mass is 668 g/mol. The van der Waals surface area contributed by atoms with Crippen LogP contribution in [-0.2, 0) is 40.2 Å². The van der Waals surface area contributed by atoms with Crippen LogP contribution >= 0.6 is 34.9 Å². The molecule has 44 heavy (non-hydrogen) atoms. The van der Waals surface area contributed by atoms with Gasteiger partial charge in [-0.2, -0.15) is 0 Å². The SMILES string of the molecule is C=CCON=C(C(=O)NC1C(=O)N2CC(CSc3nnnn3CC(=NOC)C(=O)O)(C(=O)O)CS[C@H]12)c1csc(NC=O)n1. The molecule has 0 aromatic carbocycles. The fourth-order valence-corrected chi connectivity index (χ4v) is 7.36. The molecule has 4 N–H and O–H groups in total. The number of hydrogen-bond acceptors (Lipinski definition) is 16. The van der Waals surface area contributed by atoms with Crippen LogP contribution in [0.25, 0.3) is 0 Å². The number of carboxylic acids is 2. The highest BCUT2D eigenvalue weighted by Gasteiger charge is 2.57. The Bertz CT molecular complexity index is 1510. The van der Waals surface area contributed by atoms with E-state index in [-0.39, 0.29) is 58.6 Å². The molecule has 2 saturated heterocycles. The van der Waals surface area contributed by atoms with Gasteiger partial charge in [-0.3, -0.25) is 19.2 Å². The van der Waals surface area contributed by atoms with E-state index in [0.717, 1.165) is 27.8 Å². The van der Waals surface area contributed by atoms with Crippen LogP contribution in [-0.4, -0.2) is 125 Å². The van der Waals surface area contributed by atoms with Crippen molar-refractivity contribution in [2.24, 2.45) is 15.7 Å². The van der Waals surface area contributed by atoms with E-state index >= 15 is 0 Å². The third-order valence-corrected chi connectivity index (χ3v) is 9.71. The van der Waals surface area contributed by atoms with Gasteiger partial charge in [-0.25, -0.2) is 14.5 Å². The van der Waals surface area contributed by atoms with Crippen LogP contribution in [0.2, 0.25) is 0 Å². The van der Waals surface area contributed by atoms with Crippen molar-refractivity contribution in [3.63, 3.8) is 0 Å². The Morgan fingerprint density at radius 2 is 2.14 bits per heavy atom. The Hall–Kier alpha value is -4.57. The summed E-state index contributed by atoms with van der Waals surface area (Å²) in [6, 6.07) is -0.968. The van der Waals surface area contributed by atoms with Gasteiger partial charge in [0.1, 0.15) is 36.2 Å². The lowest BCUT2D eigenvalue weighted by Crippen LogP contribution is -2.74. The van der Waals surface area contributed by atoms with E-state index in [1.165, 1.54) is 35.2 Å². The Morgan fingerprint density at radius 3 is 2.82 bits per heavy atom. The Labute approximate surface area is 260 Å². The van der Waals surface area contributed by atoms with Gasteiger partial charge in [0.05, 0.1) is 6.54 Å². The number of oxime groups is 2. The van der Waals surface area contributed by atoms with Crippen molar-refractivity contribution in [3.8, 4) is 0 Å². The summed E-state index contributed by atoms with van der Waals surface area (Å²) in [7, 11) is 1.19. The number of aliphatic carboxylic acids is 2. The number of nitrogens with zero attached hydrogens (tertiary/aromatic N) is 8. The molecule has 234 valence electrons. The van der Waals surface area contributed by atoms with Crippen molar-refractivity contribution in [1.29, 1.82) is 0 Å². The maximum atomic E-state index is 13.2. The third-order valence-electron chi connectivity index (χ3n) is 6.10. The average molecular weight is 669 g/mol. The number of carbonyl (C=O) groups is 5. The van der Waals surface area contributed by atoms with Crippen LogP contribution in [0.4, 0.5) is 5.13 Å². The predicted octanol–water partition coefficient (Wildman–Crippen LogP) is -1.05. The maximum absolute atomic E-state index is 13.2. The van der Waals surface area contributed by atoms with Crippen LogP contribution in [0.3, 0.4) is 0 Å². The van der Waals surface area contributed by atoms with E-state index in [1.807, 2.05) is 0 Å². The van der Waals surface area contributed by atoms with Gasteiger partial charge in [0.15, 0.2) is 16.6 Å². The molecule has 4 heterocycles. The molecular weight excluding hydrogens is 645 g/mol.